The summed E-state index contributed by atoms with van der Waals surface area (Å²) in [5, 5.41) is 0. The topological polar surface area (TPSA) is 0 Å². The van der Waals surface area contributed by atoms with E-state index in [1.54, 1.807) is 0 Å². The van der Waals surface area contributed by atoms with Gasteiger partial charge in [0.1, 0.15) is 0 Å². The van der Waals surface area contributed by atoms with Crippen LogP contribution in [0.2, 0.25) is 62.5 Å². The molecule has 10 aliphatic heterocycles. The molecular weight excluding hydrogens is 336 g/mol. The fraction of sp³-hybridized carbons (Fsp3) is 0.619. The standard InChI is InChI=1S/C16H17Si.C5H5.Fe/c1-17(2,3)13-12-15-10-7-11-16(15)14-8-5-4-6-9-14;1-2-4-5-3-1;/h4-11H,1-3H3;1-5H;. The van der Waals surface area contributed by atoms with Crippen LogP contribution in [0.25, 0.3) is 0 Å². The monoisotopic (exact) mass is 358 g/mol. The van der Waals surface area contributed by atoms with Crippen molar-refractivity contribution in [1.29, 1.82) is 0 Å². The number of rotatable bonds is 1. The summed E-state index contributed by atoms with van der Waals surface area (Å²) >= 11 is 0. The first-order valence-electron chi connectivity index (χ1n) is 9.56. The molecule has 0 bridgehead atoms. The van der Waals surface area contributed by atoms with Crippen LogP contribution in [0.5, 0.6) is 0 Å². The van der Waals surface area contributed by atoms with Crippen molar-refractivity contribution in [1.82, 2.24) is 0 Å². The second-order valence-corrected chi connectivity index (χ2v) is 41.6. The first kappa shape index (κ1) is 9.86. The first-order valence-corrected chi connectivity index (χ1v) is 19.3. The van der Waals surface area contributed by atoms with Gasteiger partial charge in [-0.05, 0) is 0 Å². The Morgan fingerprint density at radius 1 is 0.870 bits per heavy atom. The van der Waals surface area contributed by atoms with Crippen LogP contribution in [-0.2, 0) is 10.8 Å². The molecule has 0 aliphatic carbocycles. The Morgan fingerprint density at radius 2 is 1.48 bits per heavy atom. The van der Waals surface area contributed by atoms with Gasteiger partial charge in [-0.2, -0.15) is 0 Å². The second kappa shape index (κ2) is 0.972. The van der Waals surface area contributed by atoms with Crippen molar-refractivity contribution in [2.24, 2.45) is 0 Å². The molecule has 10 aliphatic rings. The van der Waals surface area contributed by atoms with Gasteiger partial charge in [0.25, 0.3) is 0 Å². The molecule has 11 rings (SSSR count). The predicted molar refractivity (Wildman–Crippen MR) is 91.9 cm³/mol. The molecular formula is C21H22FeSi. The summed E-state index contributed by atoms with van der Waals surface area (Å²) in [6.07, 6.45) is 0. The summed E-state index contributed by atoms with van der Waals surface area (Å²) in [6.45, 7) is 4.05. The summed E-state index contributed by atoms with van der Waals surface area (Å²) in [5.74, 6) is 4.26. The van der Waals surface area contributed by atoms with Gasteiger partial charge in [0, 0.05) is 0 Å². The summed E-state index contributed by atoms with van der Waals surface area (Å²) in [5.41, 5.74) is 5.77. The Kier molecular flexibility index (Phi) is 0.417. The van der Waals surface area contributed by atoms with Crippen molar-refractivity contribution >= 4 is 8.07 Å². The molecule has 10 fully saturated rings. The molecule has 0 aromatic heterocycles. The zero-order chi connectivity index (χ0) is 15.0. The van der Waals surface area contributed by atoms with Gasteiger partial charge in [-0.15, -0.1) is 0 Å². The molecule has 5 atom stereocenters. The van der Waals surface area contributed by atoms with Crippen LogP contribution < -0.4 is 0 Å². The van der Waals surface area contributed by atoms with Gasteiger partial charge in [-0.25, -0.2) is 0 Å². The fourth-order valence-corrected chi connectivity index (χ4v) is 94.4. The molecule has 0 saturated carbocycles. The Bertz CT molecular complexity index is 1360. The molecule has 0 N–H and O–H groups in total. The summed E-state index contributed by atoms with van der Waals surface area (Å²) in [7, 11) is -1.26. The number of fused-ring (bicyclic) bond motifs is 10. The number of hydrogen-bond acceptors (Lipinski definition) is 0. The van der Waals surface area contributed by atoms with Gasteiger partial charge in [-0.3, -0.25) is 0 Å². The second-order valence-electron chi connectivity index (χ2n) is 13.6. The third-order valence-corrected chi connectivity index (χ3v) is 60.2. The zero-order valence-electron chi connectivity index (χ0n) is 13.9. The molecule has 10 heterocycles. The van der Waals surface area contributed by atoms with Crippen molar-refractivity contribution in [3.63, 3.8) is 0 Å². The molecule has 0 nitrogen and oxygen atoms in total. The van der Waals surface area contributed by atoms with E-state index in [-0.39, 0.29) is 0 Å². The van der Waals surface area contributed by atoms with Crippen molar-refractivity contribution in [3.8, 4) is 11.5 Å². The molecule has 1 aromatic rings. The maximum atomic E-state index is 4.26. The summed E-state index contributed by atoms with van der Waals surface area (Å²) in [4.78, 5) is 10.6. The van der Waals surface area contributed by atoms with Gasteiger partial charge < -0.3 is 0 Å². The van der Waals surface area contributed by atoms with Crippen LogP contribution in [-0.4, -0.2) is 8.07 Å². The van der Waals surface area contributed by atoms with Crippen LogP contribution in [0.1, 0.15) is 5.56 Å². The van der Waals surface area contributed by atoms with Gasteiger partial charge in [0.2, 0.25) is 0 Å². The normalized spacial score (nSPS) is 94.4. The third-order valence-electron chi connectivity index (χ3n) is 16.7. The number of benzene rings is 1. The molecule has 0 radical (unpaired) electrons. The molecule has 10 saturated heterocycles. The van der Waals surface area contributed by atoms with E-state index in [2.05, 4.69) is 61.4 Å². The third kappa shape index (κ3) is 0.134. The van der Waals surface area contributed by atoms with Gasteiger partial charge >= 0.3 is 129 Å². The van der Waals surface area contributed by atoms with Crippen LogP contribution in [0, 0.1) is 11.5 Å². The van der Waals surface area contributed by atoms with Gasteiger partial charge in [0.05, 0.1) is 0 Å². The van der Waals surface area contributed by atoms with Gasteiger partial charge in [-0.1, -0.05) is 0 Å². The SMILES string of the molecule is C[Si](C)(C)C#C[C]12[CH]3[CH]4[CH]5[C]1(c1ccccc1)[Fe]43521678[CH]2[CH]1[CH]6[CH]7[CH]28. The van der Waals surface area contributed by atoms with Crippen LogP contribution in [0.15, 0.2) is 30.3 Å². The van der Waals surface area contributed by atoms with Crippen LogP contribution in [0.4, 0.5) is 0 Å². The maximum absolute atomic E-state index is 4.26. The predicted octanol–water partition coefficient (Wildman–Crippen LogP) is 5.73. The molecule has 2 heteroatoms. The molecule has 0 amide bonds. The zero-order valence-corrected chi connectivity index (χ0v) is 16.0. The average Bonchev–Trinajstić information content (AvgIpc) is 3.46. The van der Waals surface area contributed by atoms with Crippen LogP contribution in [0.3, 0.4) is 0 Å². The Balaban J connectivity index is 1.43. The summed E-state index contributed by atoms with van der Waals surface area (Å²) < 4.78 is 1.42. The Labute approximate surface area is 128 Å². The van der Waals surface area contributed by atoms with E-state index in [9.17, 15) is 0 Å². The van der Waals surface area contributed by atoms with E-state index < -0.39 is 14.6 Å². The van der Waals surface area contributed by atoms with E-state index >= 15 is 0 Å². The van der Waals surface area contributed by atoms with Crippen molar-refractivity contribution in [2.45, 2.75) is 66.8 Å². The van der Waals surface area contributed by atoms with E-state index in [1.165, 1.54) is 38.5 Å². The summed E-state index contributed by atoms with van der Waals surface area (Å²) in [6, 6.07) is 12.0. The fourth-order valence-electron chi connectivity index (χ4n) is 18.7. The van der Waals surface area contributed by atoms with E-state index in [1.807, 2.05) is 5.56 Å². The van der Waals surface area contributed by atoms with Gasteiger partial charge in [0.15, 0.2) is 0 Å². The molecule has 23 heavy (non-hydrogen) atoms. The minimum absolute atomic E-state index is 0.674. The number of hydrogen-bond donors (Lipinski definition) is 0. The first-order chi connectivity index (χ1) is 10.7. The molecule has 1 spiro atoms. The molecule has 5 unspecified atom stereocenters. The van der Waals surface area contributed by atoms with E-state index in [0.29, 0.717) is 4.31 Å². The molecule has 118 valence electrons. The van der Waals surface area contributed by atoms with Crippen molar-refractivity contribution in [2.75, 3.05) is 0 Å². The van der Waals surface area contributed by atoms with Crippen molar-refractivity contribution in [3.05, 3.63) is 35.9 Å². The van der Waals surface area contributed by atoms with Crippen molar-refractivity contribution < 1.29 is 6.51 Å². The minimum atomic E-state index is -3.33. The van der Waals surface area contributed by atoms with E-state index in [0.717, 1.165) is 4.31 Å². The Hall–Kier alpha value is -0.484. The van der Waals surface area contributed by atoms with Crippen LogP contribution >= 0.6 is 0 Å². The molecule has 1 aromatic carbocycles. The quantitative estimate of drug-likeness (QED) is 0.444. The average molecular weight is 358 g/mol. The van der Waals surface area contributed by atoms with E-state index in [4.69, 9.17) is 0 Å². The Morgan fingerprint density at radius 3 is 1.96 bits per heavy atom.